The number of fused-ring (bicyclic) bond motifs is 1. The number of hydrogen-bond donors (Lipinski definition) is 1. The lowest BCUT2D eigenvalue weighted by molar-refractivity contribution is -0.274. The lowest BCUT2D eigenvalue weighted by Crippen LogP contribution is -2.18. The first-order valence-corrected chi connectivity index (χ1v) is 8.42. The number of ether oxygens (including phenoxy) is 1. The first-order valence-electron chi connectivity index (χ1n) is 8.42. The van der Waals surface area contributed by atoms with E-state index in [1.807, 2.05) is 24.3 Å². The Morgan fingerprint density at radius 2 is 1.85 bits per heavy atom. The number of amides is 1. The van der Waals surface area contributed by atoms with Crippen molar-refractivity contribution in [3.8, 4) is 5.75 Å². The summed E-state index contributed by atoms with van der Waals surface area (Å²) in [7, 11) is 0. The summed E-state index contributed by atoms with van der Waals surface area (Å²) >= 11 is 0. The minimum Gasteiger partial charge on any atom is -0.405 e. The second-order valence-electron chi connectivity index (χ2n) is 6.40. The predicted octanol–water partition coefficient (Wildman–Crippen LogP) is 4.88. The van der Waals surface area contributed by atoms with E-state index in [9.17, 15) is 18.0 Å². The topological polar surface area (TPSA) is 51.2 Å². The van der Waals surface area contributed by atoms with Crippen LogP contribution in [0.1, 0.15) is 17.9 Å². The molecule has 1 heterocycles. The van der Waals surface area contributed by atoms with Crippen molar-refractivity contribution >= 4 is 22.5 Å². The number of nitrogens with zero attached hydrogens (tertiary/aromatic N) is 1. The van der Waals surface area contributed by atoms with Crippen molar-refractivity contribution < 1.29 is 22.7 Å². The van der Waals surface area contributed by atoms with Gasteiger partial charge in [-0.15, -0.1) is 13.2 Å². The maximum absolute atomic E-state index is 12.6. The Hall–Kier alpha value is -3.09. The van der Waals surface area contributed by atoms with Gasteiger partial charge in [0.15, 0.2) is 0 Å². The number of halogens is 3. The molecule has 4 rings (SSSR count). The van der Waals surface area contributed by atoms with Crippen LogP contribution in [-0.4, -0.2) is 17.3 Å². The Labute approximate surface area is 153 Å². The lowest BCUT2D eigenvalue weighted by atomic mass is 10.1. The number of anilines is 1. The molecule has 2 aromatic carbocycles. The van der Waals surface area contributed by atoms with Crippen LogP contribution in [-0.2, 0) is 4.79 Å². The Morgan fingerprint density at radius 1 is 1.07 bits per heavy atom. The summed E-state index contributed by atoms with van der Waals surface area (Å²) in [4.78, 5) is 16.9. The first kappa shape index (κ1) is 17.3. The molecule has 1 fully saturated rings. The summed E-state index contributed by atoms with van der Waals surface area (Å²) in [5.74, 6) is -1.19. The molecule has 0 bridgehead atoms. The van der Waals surface area contributed by atoms with Gasteiger partial charge in [-0.1, -0.05) is 36.4 Å². The fraction of sp³-hybridized carbons (Fsp3) is 0.200. The third kappa shape index (κ3) is 3.72. The molecular formula is C20H15F3N2O2. The quantitative estimate of drug-likeness (QED) is 0.710. The van der Waals surface area contributed by atoms with Crippen LogP contribution in [0.5, 0.6) is 5.75 Å². The number of para-hydroxylation sites is 2. The average molecular weight is 372 g/mol. The van der Waals surface area contributed by atoms with E-state index in [0.717, 1.165) is 5.39 Å². The smallest absolute Gasteiger partial charge is 0.405 e. The van der Waals surface area contributed by atoms with E-state index < -0.39 is 12.3 Å². The summed E-state index contributed by atoms with van der Waals surface area (Å²) in [5, 5.41) is 3.74. The van der Waals surface area contributed by atoms with Gasteiger partial charge in [-0.2, -0.15) is 0 Å². The molecule has 1 amide bonds. The molecule has 0 saturated heterocycles. The number of hydrogen-bond acceptors (Lipinski definition) is 3. The predicted molar refractivity (Wildman–Crippen MR) is 94.3 cm³/mol. The highest BCUT2D eigenvalue weighted by Crippen LogP contribution is 2.51. The fourth-order valence-corrected chi connectivity index (χ4v) is 3.26. The van der Waals surface area contributed by atoms with Gasteiger partial charge in [-0.25, -0.2) is 0 Å². The lowest BCUT2D eigenvalue weighted by Gasteiger charge is -2.13. The summed E-state index contributed by atoms with van der Waals surface area (Å²) in [5.41, 5.74) is 1.65. The van der Waals surface area contributed by atoms with E-state index in [4.69, 9.17) is 0 Å². The van der Waals surface area contributed by atoms with Crippen LogP contribution in [0.3, 0.4) is 0 Å². The Bertz CT molecular complexity index is 998. The molecule has 2 atom stereocenters. The van der Waals surface area contributed by atoms with Crippen molar-refractivity contribution in [1.82, 2.24) is 4.98 Å². The molecule has 138 valence electrons. The van der Waals surface area contributed by atoms with Crippen LogP contribution >= 0.6 is 0 Å². The Morgan fingerprint density at radius 3 is 2.67 bits per heavy atom. The molecule has 0 spiro atoms. The second-order valence-corrected chi connectivity index (χ2v) is 6.40. The van der Waals surface area contributed by atoms with Crippen LogP contribution in [0, 0.1) is 5.92 Å². The normalized spacial score (nSPS) is 18.9. The monoisotopic (exact) mass is 372 g/mol. The van der Waals surface area contributed by atoms with Gasteiger partial charge in [0.25, 0.3) is 0 Å². The number of carbonyl (C=O) groups excluding carboxylic acids is 1. The first-order chi connectivity index (χ1) is 12.9. The van der Waals surface area contributed by atoms with Gasteiger partial charge in [0.1, 0.15) is 5.75 Å². The van der Waals surface area contributed by atoms with Crippen LogP contribution in [0.15, 0.2) is 60.8 Å². The summed E-state index contributed by atoms with van der Waals surface area (Å²) < 4.78 is 41.9. The third-order valence-corrected chi connectivity index (χ3v) is 4.56. The minimum atomic E-state index is -4.77. The Kier molecular flexibility index (Phi) is 4.22. The summed E-state index contributed by atoms with van der Waals surface area (Å²) in [6.07, 6.45) is -2.65. The SMILES string of the molecule is O=C(Nc1cccc2cccnc12)[C@H]1C[C@@H]1c1ccccc1OC(F)(F)F. The zero-order valence-corrected chi connectivity index (χ0v) is 14.0. The maximum atomic E-state index is 12.6. The molecular weight excluding hydrogens is 357 g/mol. The molecule has 1 aliphatic rings. The molecule has 0 aliphatic heterocycles. The van der Waals surface area contributed by atoms with E-state index in [1.54, 1.807) is 24.4 Å². The van der Waals surface area contributed by atoms with E-state index >= 15 is 0 Å². The average Bonchev–Trinajstić information content (AvgIpc) is 3.42. The maximum Gasteiger partial charge on any atom is 0.573 e. The number of aromatic nitrogens is 1. The van der Waals surface area contributed by atoms with Gasteiger partial charge in [-0.3, -0.25) is 9.78 Å². The number of rotatable bonds is 4. The highest BCUT2D eigenvalue weighted by molar-refractivity contribution is 6.02. The third-order valence-electron chi connectivity index (χ3n) is 4.56. The molecule has 1 aliphatic carbocycles. The number of carbonyl (C=O) groups is 1. The summed E-state index contributed by atoms with van der Waals surface area (Å²) in [6, 6.07) is 15.1. The molecule has 4 nitrogen and oxygen atoms in total. The van der Waals surface area contributed by atoms with Crippen molar-refractivity contribution in [3.05, 3.63) is 66.4 Å². The van der Waals surface area contributed by atoms with Gasteiger partial charge in [0.05, 0.1) is 11.2 Å². The zero-order chi connectivity index (χ0) is 19.0. The largest absolute Gasteiger partial charge is 0.573 e. The number of pyridine rings is 1. The molecule has 1 aromatic heterocycles. The van der Waals surface area contributed by atoms with E-state index in [1.165, 1.54) is 12.1 Å². The van der Waals surface area contributed by atoms with Gasteiger partial charge in [-0.05, 0) is 36.1 Å². The molecule has 0 unspecified atom stereocenters. The summed E-state index contributed by atoms with van der Waals surface area (Å²) in [6.45, 7) is 0. The van der Waals surface area contributed by atoms with Gasteiger partial charge in [0.2, 0.25) is 5.91 Å². The minimum absolute atomic E-state index is 0.236. The molecule has 27 heavy (non-hydrogen) atoms. The van der Waals surface area contributed by atoms with E-state index in [0.29, 0.717) is 23.2 Å². The van der Waals surface area contributed by atoms with Crippen molar-refractivity contribution in [3.63, 3.8) is 0 Å². The van der Waals surface area contributed by atoms with Gasteiger partial charge >= 0.3 is 6.36 Å². The van der Waals surface area contributed by atoms with Crippen LogP contribution < -0.4 is 10.1 Å². The molecule has 1 saturated carbocycles. The second kappa shape index (κ2) is 6.57. The number of benzene rings is 2. The van der Waals surface area contributed by atoms with Crippen molar-refractivity contribution in [2.45, 2.75) is 18.7 Å². The standard InChI is InChI=1S/C20H15F3N2O2/c21-20(22,23)27-17-9-2-1-7-13(17)14-11-15(14)19(26)25-16-8-3-5-12-6-4-10-24-18(12)16/h1-10,14-15H,11H2,(H,25,26)/t14-,15+/m1/s1. The van der Waals surface area contributed by atoms with E-state index in [2.05, 4.69) is 15.0 Å². The molecule has 3 aromatic rings. The van der Waals surface area contributed by atoms with Gasteiger partial charge < -0.3 is 10.1 Å². The fourth-order valence-electron chi connectivity index (χ4n) is 3.26. The molecule has 0 radical (unpaired) electrons. The Balaban J connectivity index is 1.52. The highest BCUT2D eigenvalue weighted by atomic mass is 19.4. The van der Waals surface area contributed by atoms with Crippen molar-refractivity contribution in [2.75, 3.05) is 5.32 Å². The van der Waals surface area contributed by atoms with Crippen molar-refractivity contribution in [1.29, 1.82) is 0 Å². The van der Waals surface area contributed by atoms with E-state index in [-0.39, 0.29) is 17.6 Å². The highest BCUT2D eigenvalue weighted by Gasteiger charge is 2.46. The molecule has 7 heteroatoms. The van der Waals surface area contributed by atoms with Crippen LogP contribution in [0.2, 0.25) is 0 Å². The number of nitrogens with one attached hydrogen (secondary N) is 1. The zero-order valence-electron chi connectivity index (χ0n) is 14.0. The van der Waals surface area contributed by atoms with Gasteiger partial charge in [0, 0.05) is 17.5 Å². The van der Waals surface area contributed by atoms with Crippen LogP contribution in [0.4, 0.5) is 18.9 Å². The van der Waals surface area contributed by atoms with Crippen molar-refractivity contribution in [2.24, 2.45) is 5.92 Å². The van der Waals surface area contributed by atoms with Crippen LogP contribution in [0.25, 0.3) is 10.9 Å². The number of alkyl halides is 3. The molecule has 1 N–H and O–H groups in total.